The molecule has 1 saturated heterocycles. The molecule has 1 rings (SSSR count). The summed E-state index contributed by atoms with van der Waals surface area (Å²) in [6.07, 6.45) is 0. The quantitative estimate of drug-likeness (QED) is 0.462. The molecule has 1 aliphatic heterocycles. The molecule has 0 amide bonds. The van der Waals surface area contributed by atoms with Crippen LogP contribution in [-0.4, -0.2) is 23.0 Å². The van der Waals surface area contributed by atoms with E-state index in [1.807, 2.05) is 0 Å². The zero-order valence-electron chi connectivity index (χ0n) is 6.06. The van der Waals surface area contributed by atoms with E-state index >= 15 is 0 Å². The summed E-state index contributed by atoms with van der Waals surface area (Å²) in [4.78, 5) is 0. The van der Waals surface area contributed by atoms with E-state index in [0.29, 0.717) is 0 Å². The summed E-state index contributed by atoms with van der Waals surface area (Å²) >= 11 is 0. The minimum atomic E-state index is -7.23. The van der Waals surface area contributed by atoms with Gasteiger partial charge in [0.05, 0.1) is 0 Å². The third-order valence-corrected chi connectivity index (χ3v) is 8.89. The molecule has 0 saturated carbocycles. The fraction of sp³-hybridized carbons (Fsp3) is 1.00. The normalized spacial score (nSPS) is 44.3. The molecule has 1 heterocycles. The number of halogens is 6. The Morgan fingerprint density at radius 2 is 0.833 bits per heavy atom. The summed E-state index contributed by atoms with van der Waals surface area (Å²) in [6, 6.07) is 0. The molecule has 0 aromatic carbocycles. The van der Waals surface area contributed by atoms with Crippen LogP contribution in [0.5, 0.6) is 0 Å². The summed E-state index contributed by atoms with van der Waals surface area (Å²) < 4.78 is 71.6. The predicted octanol–water partition coefficient (Wildman–Crippen LogP) is 3.94. The number of hydrogen-bond acceptors (Lipinski definition) is 2. The van der Waals surface area contributed by atoms with Gasteiger partial charge in [0.1, 0.15) is 0 Å². The molecule has 0 bridgehead atoms. The van der Waals surface area contributed by atoms with E-state index in [0.717, 1.165) is 0 Å². The van der Waals surface area contributed by atoms with Gasteiger partial charge in [0, 0.05) is 0 Å². The van der Waals surface area contributed by atoms with E-state index in [4.69, 9.17) is 0 Å². The molecule has 10 heteroatoms. The Balaban J connectivity index is 3.16. The first-order valence-corrected chi connectivity index (χ1v) is 6.34. The molecule has 1 aliphatic rings. The maximum atomic E-state index is 12.4. The van der Waals surface area contributed by atoms with Crippen molar-refractivity contribution in [2.45, 2.75) is 0 Å². The number of hydrogen-bond donors (Lipinski definition) is 0. The van der Waals surface area contributed by atoms with Crippen molar-refractivity contribution in [3.8, 4) is 0 Å². The van der Waals surface area contributed by atoms with Crippen molar-refractivity contribution in [1.82, 2.24) is 8.88 Å². The zero-order chi connectivity index (χ0) is 10.0. The van der Waals surface area contributed by atoms with Gasteiger partial charge < -0.3 is 0 Å². The minimum absolute atomic E-state index is 0.0512. The average Bonchev–Trinajstić information content (AvgIpc) is 1.82. The van der Waals surface area contributed by atoms with Crippen LogP contribution in [0.25, 0.3) is 0 Å². The number of nitrogens with zero attached hydrogens (tertiary/aromatic N) is 2. The molecular formula is C2H6F6N2P2. The van der Waals surface area contributed by atoms with E-state index in [1.165, 1.54) is 0 Å². The van der Waals surface area contributed by atoms with Crippen LogP contribution in [0.15, 0.2) is 0 Å². The second-order valence-corrected chi connectivity index (χ2v) is 8.42. The SMILES string of the molecule is CN1P(F)(F)(F)N(C)P1(F)(F)F. The van der Waals surface area contributed by atoms with Crippen molar-refractivity contribution < 1.29 is 25.2 Å². The van der Waals surface area contributed by atoms with Crippen LogP contribution in [0.2, 0.25) is 0 Å². The zero-order valence-corrected chi connectivity index (χ0v) is 7.85. The van der Waals surface area contributed by atoms with E-state index in [1.54, 1.807) is 0 Å². The van der Waals surface area contributed by atoms with Gasteiger partial charge in [-0.15, -0.1) is 0 Å². The summed E-state index contributed by atoms with van der Waals surface area (Å²) in [7, 11) is -14.4. The van der Waals surface area contributed by atoms with Gasteiger partial charge in [-0.2, -0.15) is 0 Å². The van der Waals surface area contributed by atoms with Crippen molar-refractivity contribution in [1.29, 1.82) is 0 Å². The molecule has 12 heavy (non-hydrogen) atoms. The van der Waals surface area contributed by atoms with Gasteiger partial charge in [0.2, 0.25) is 0 Å². The second kappa shape index (κ2) is 1.75. The van der Waals surface area contributed by atoms with Crippen LogP contribution in [0.1, 0.15) is 0 Å². The van der Waals surface area contributed by atoms with Gasteiger partial charge in [0.25, 0.3) is 0 Å². The molecule has 0 aromatic rings. The summed E-state index contributed by atoms with van der Waals surface area (Å²) in [5.74, 6) is 0. The van der Waals surface area contributed by atoms with Crippen LogP contribution in [0.4, 0.5) is 25.2 Å². The fourth-order valence-electron chi connectivity index (χ4n) is 0.790. The van der Waals surface area contributed by atoms with Gasteiger partial charge in [-0.3, -0.25) is 0 Å². The van der Waals surface area contributed by atoms with Crippen LogP contribution < -0.4 is 0 Å². The van der Waals surface area contributed by atoms with Crippen molar-refractivity contribution in [3.05, 3.63) is 0 Å². The topological polar surface area (TPSA) is 6.48 Å². The summed E-state index contributed by atoms with van der Waals surface area (Å²) in [5, 5.41) is 0. The van der Waals surface area contributed by atoms with E-state index in [2.05, 4.69) is 0 Å². The van der Waals surface area contributed by atoms with Gasteiger partial charge >= 0.3 is 63.8 Å². The van der Waals surface area contributed by atoms with Crippen LogP contribution in [-0.2, 0) is 0 Å². The Morgan fingerprint density at radius 1 is 0.667 bits per heavy atom. The van der Waals surface area contributed by atoms with E-state index in [-0.39, 0.29) is 14.1 Å². The molecule has 76 valence electrons. The Hall–Kier alpha value is 0.360. The molecule has 0 aromatic heterocycles. The standard InChI is InChI=1S/C2H6F6N2P2/c1-9-11(3,4,5)10(2)12(9,6,7)8/h1-2H3. The molecule has 0 spiro atoms. The van der Waals surface area contributed by atoms with Gasteiger partial charge in [0.15, 0.2) is 0 Å². The van der Waals surface area contributed by atoms with Crippen LogP contribution in [0, 0.1) is 0 Å². The summed E-state index contributed by atoms with van der Waals surface area (Å²) in [6.45, 7) is 0. The fourth-order valence-corrected chi connectivity index (χ4v) is 6.04. The van der Waals surface area contributed by atoms with Crippen molar-refractivity contribution >= 4 is 15.7 Å². The Bertz CT molecular complexity index is 195. The molecule has 2 nitrogen and oxygen atoms in total. The van der Waals surface area contributed by atoms with Gasteiger partial charge in [-0.1, -0.05) is 0 Å². The third-order valence-electron chi connectivity index (χ3n) is 1.83. The Morgan fingerprint density at radius 3 is 0.917 bits per heavy atom. The Labute approximate surface area is 64.9 Å². The molecule has 0 N–H and O–H groups in total. The van der Waals surface area contributed by atoms with Crippen LogP contribution >= 0.6 is 15.7 Å². The molecule has 0 aliphatic carbocycles. The molecule has 1 fully saturated rings. The maximum absolute atomic E-state index is 12.4. The molecule has 0 radical (unpaired) electrons. The molecule has 0 unspecified atom stereocenters. The monoisotopic (exact) mass is 234 g/mol. The Kier molecular flexibility index (Phi) is 1.53. The van der Waals surface area contributed by atoms with Crippen molar-refractivity contribution in [3.63, 3.8) is 0 Å². The van der Waals surface area contributed by atoms with Crippen molar-refractivity contribution in [2.75, 3.05) is 14.1 Å². The number of rotatable bonds is 0. The first-order chi connectivity index (χ1) is 4.87. The second-order valence-electron chi connectivity index (χ2n) is 2.45. The molecular weight excluding hydrogens is 228 g/mol. The average molecular weight is 234 g/mol. The van der Waals surface area contributed by atoms with E-state index in [9.17, 15) is 25.2 Å². The predicted molar refractivity (Wildman–Crippen MR) is 36.0 cm³/mol. The first-order valence-electron chi connectivity index (χ1n) is 2.71. The first kappa shape index (κ1) is 10.4. The van der Waals surface area contributed by atoms with Gasteiger partial charge in [-0.05, 0) is 0 Å². The van der Waals surface area contributed by atoms with Gasteiger partial charge in [-0.25, -0.2) is 0 Å². The van der Waals surface area contributed by atoms with E-state index < -0.39 is 24.6 Å². The van der Waals surface area contributed by atoms with Crippen molar-refractivity contribution in [2.24, 2.45) is 0 Å². The molecule has 0 atom stereocenters. The third kappa shape index (κ3) is 0.867. The van der Waals surface area contributed by atoms with Crippen LogP contribution in [0.3, 0.4) is 0 Å². The summed E-state index contributed by atoms with van der Waals surface area (Å²) in [5.41, 5.74) is 0.